The van der Waals surface area contributed by atoms with E-state index in [-0.39, 0.29) is 23.1 Å². The second-order valence-electron chi connectivity index (χ2n) is 8.61. The average Bonchev–Trinajstić information content (AvgIpc) is 3.26. The molecule has 1 heterocycles. The van der Waals surface area contributed by atoms with E-state index < -0.39 is 23.3 Å². The third-order valence-corrected chi connectivity index (χ3v) is 6.50. The smallest absolute Gasteiger partial charge is 0.344 e. The van der Waals surface area contributed by atoms with Crippen LogP contribution in [-0.4, -0.2) is 28.2 Å². The molecular formula is C23H29FN2O4. The molecule has 6 nitrogen and oxygen atoms in total. The first-order chi connectivity index (χ1) is 14.5. The third kappa shape index (κ3) is 4.02. The Morgan fingerprint density at radius 1 is 1.20 bits per heavy atom. The van der Waals surface area contributed by atoms with Gasteiger partial charge in [-0.15, -0.1) is 0 Å². The van der Waals surface area contributed by atoms with Gasteiger partial charge in [0.2, 0.25) is 5.43 Å². The zero-order valence-electron chi connectivity index (χ0n) is 17.3. The van der Waals surface area contributed by atoms with E-state index in [2.05, 4.69) is 10.3 Å². The van der Waals surface area contributed by atoms with Crippen molar-refractivity contribution in [3.05, 3.63) is 33.9 Å². The van der Waals surface area contributed by atoms with Crippen LogP contribution < -0.4 is 15.5 Å². The Morgan fingerprint density at radius 3 is 2.53 bits per heavy atom. The van der Waals surface area contributed by atoms with E-state index in [1.807, 2.05) is 0 Å². The predicted octanol–water partition coefficient (Wildman–Crippen LogP) is 4.92. The number of halogens is 1. The van der Waals surface area contributed by atoms with E-state index >= 15 is 4.39 Å². The Kier molecular flexibility index (Phi) is 5.97. The molecule has 0 unspecified atom stereocenters. The zero-order chi connectivity index (χ0) is 21.3. The normalized spacial score (nSPS) is 19.1. The Hall–Kier alpha value is -2.57. The maximum absolute atomic E-state index is 15.3. The lowest BCUT2D eigenvalue weighted by atomic mass is 9.90. The fourth-order valence-corrected chi connectivity index (χ4v) is 4.89. The highest BCUT2D eigenvalue weighted by atomic mass is 19.1. The van der Waals surface area contributed by atoms with Gasteiger partial charge in [-0.2, -0.15) is 0 Å². The number of hydrogen-bond donors (Lipinski definition) is 3. The van der Waals surface area contributed by atoms with Gasteiger partial charge in [0.25, 0.3) is 0 Å². The number of aliphatic carboxylic acids is 1. The number of fused-ring (bicyclic) bond motifs is 1. The van der Waals surface area contributed by atoms with E-state index in [9.17, 15) is 9.59 Å². The molecule has 3 N–H and O–H groups in total. The molecule has 1 aromatic carbocycles. The summed E-state index contributed by atoms with van der Waals surface area (Å²) in [6, 6.07) is 1.51. The lowest BCUT2D eigenvalue weighted by Crippen LogP contribution is -2.26. The quantitative estimate of drug-likeness (QED) is 0.622. The fraction of sp³-hybridized carbons (Fsp3) is 0.565. The van der Waals surface area contributed by atoms with Crippen LogP contribution in [0.2, 0.25) is 0 Å². The number of aromatic amines is 1. The molecule has 2 aliphatic rings. The lowest BCUT2D eigenvalue weighted by molar-refractivity contribution is -0.144. The zero-order valence-corrected chi connectivity index (χ0v) is 17.3. The molecule has 0 amide bonds. The number of anilines is 1. The van der Waals surface area contributed by atoms with Gasteiger partial charge in [-0.05, 0) is 44.6 Å². The van der Waals surface area contributed by atoms with Crippen LogP contribution in [0.1, 0.15) is 76.2 Å². The van der Waals surface area contributed by atoms with Crippen LogP contribution in [0.5, 0.6) is 5.75 Å². The van der Waals surface area contributed by atoms with E-state index in [1.54, 1.807) is 0 Å². The Bertz CT molecular complexity index is 991. The van der Waals surface area contributed by atoms with Gasteiger partial charge in [-0.25, -0.2) is 9.18 Å². The lowest BCUT2D eigenvalue weighted by Gasteiger charge is -2.27. The molecule has 0 saturated heterocycles. The summed E-state index contributed by atoms with van der Waals surface area (Å²) in [5.74, 6) is -1.51. The van der Waals surface area contributed by atoms with Crippen molar-refractivity contribution in [2.45, 2.75) is 82.8 Å². The maximum Gasteiger partial charge on any atom is 0.344 e. The van der Waals surface area contributed by atoms with Crippen molar-refractivity contribution in [3.63, 3.8) is 0 Å². The van der Waals surface area contributed by atoms with Crippen molar-refractivity contribution in [1.82, 2.24) is 4.98 Å². The van der Waals surface area contributed by atoms with Gasteiger partial charge in [-0.3, -0.25) is 4.79 Å². The van der Waals surface area contributed by atoms with E-state index in [0.29, 0.717) is 11.2 Å². The number of carboxylic acids is 1. The molecule has 30 heavy (non-hydrogen) atoms. The summed E-state index contributed by atoms with van der Waals surface area (Å²) in [5.41, 5.74) is 1.51. The summed E-state index contributed by atoms with van der Waals surface area (Å²) >= 11 is 0. The molecule has 2 saturated carbocycles. The monoisotopic (exact) mass is 416 g/mol. The molecule has 2 aliphatic carbocycles. The number of benzene rings is 1. The molecule has 4 rings (SSSR count). The number of hydrogen-bond acceptors (Lipinski definition) is 4. The second kappa shape index (κ2) is 8.66. The van der Waals surface area contributed by atoms with Gasteiger partial charge in [0.15, 0.2) is 11.9 Å². The molecular weight excluding hydrogens is 387 g/mol. The van der Waals surface area contributed by atoms with Crippen LogP contribution in [0.15, 0.2) is 17.1 Å². The Balaban J connectivity index is 1.81. The summed E-state index contributed by atoms with van der Waals surface area (Å²) in [4.78, 5) is 27.2. The molecule has 1 atom stereocenters. The van der Waals surface area contributed by atoms with Gasteiger partial charge < -0.3 is 20.1 Å². The third-order valence-electron chi connectivity index (χ3n) is 6.50. The van der Waals surface area contributed by atoms with E-state index in [1.165, 1.54) is 25.6 Å². The molecule has 1 aromatic heterocycles. The van der Waals surface area contributed by atoms with Crippen molar-refractivity contribution in [2.24, 2.45) is 0 Å². The summed E-state index contributed by atoms with van der Waals surface area (Å²) in [7, 11) is 0. The summed E-state index contributed by atoms with van der Waals surface area (Å²) < 4.78 is 20.6. The van der Waals surface area contributed by atoms with E-state index in [4.69, 9.17) is 9.84 Å². The van der Waals surface area contributed by atoms with Gasteiger partial charge >= 0.3 is 5.97 Å². The highest BCUT2D eigenvalue weighted by molar-refractivity contribution is 5.88. The Labute approximate surface area is 174 Å². The standard InChI is InChI=1S/C23H29FN2O4/c1-13(23(28)29)30-18-12-25-20-16(22(18)27)11-17(24)21(19(20)14-7-5-6-8-14)26-15-9-3-2-4-10-15/h11-15,26H,2-10H2,1H3,(H,25,27)(H,28,29)/t13-/m0/s1. The van der Waals surface area contributed by atoms with Crippen LogP contribution in [0, 0.1) is 5.82 Å². The van der Waals surface area contributed by atoms with Gasteiger partial charge in [0.05, 0.1) is 16.6 Å². The van der Waals surface area contributed by atoms with Crippen molar-refractivity contribution in [1.29, 1.82) is 0 Å². The predicted molar refractivity (Wildman–Crippen MR) is 114 cm³/mol. The SMILES string of the molecule is C[C@H](Oc1c[nH]c2c(C3CCCC3)c(NC3CCCCC3)c(F)cc2c1=O)C(=O)O. The number of carboxylic acid groups (broad SMARTS) is 1. The van der Waals surface area contributed by atoms with Crippen molar-refractivity contribution in [2.75, 3.05) is 5.32 Å². The van der Waals surface area contributed by atoms with Crippen LogP contribution in [0.4, 0.5) is 10.1 Å². The number of rotatable bonds is 6. The summed E-state index contributed by atoms with van der Waals surface area (Å²) in [5, 5.41) is 12.7. The van der Waals surface area contributed by atoms with Gasteiger partial charge in [0.1, 0.15) is 5.82 Å². The number of H-pyrrole nitrogens is 1. The first-order valence-electron chi connectivity index (χ1n) is 11.0. The minimum Gasteiger partial charge on any atom is -0.479 e. The average molecular weight is 416 g/mol. The number of aromatic nitrogens is 1. The maximum atomic E-state index is 15.3. The van der Waals surface area contributed by atoms with Crippen LogP contribution in [0.3, 0.4) is 0 Å². The first-order valence-corrected chi connectivity index (χ1v) is 11.0. The topological polar surface area (TPSA) is 91.4 Å². The van der Waals surface area contributed by atoms with Gasteiger partial charge in [0, 0.05) is 17.8 Å². The molecule has 0 spiro atoms. The number of nitrogens with one attached hydrogen (secondary N) is 2. The summed E-state index contributed by atoms with van der Waals surface area (Å²) in [6.07, 6.45) is 9.91. The van der Waals surface area contributed by atoms with Crippen molar-refractivity contribution >= 4 is 22.6 Å². The first kappa shape index (κ1) is 20.7. The molecule has 2 aromatic rings. The molecule has 2 fully saturated rings. The molecule has 0 bridgehead atoms. The highest BCUT2D eigenvalue weighted by Crippen LogP contribution is 2.42. The number of pyridine rings is 1. The second-order valence-corrected chi connectivity index (χ2v) is 8.61. The van der Waals surface area contributed by atoms with E-state index in [0.717, 1.165) is 56.9 Å². The number of carbonyl (C=O) groups is 1. The van der Waals surface area contributed by atoms with Crippen molar-refractivity contribution in [3.8, 4) is 5.75 Å². The van der Waals surface area contributed by atoms with Crippen LogP contribution >= 0.6 is 0 Å². The Morgan fingerprint density at radius 2 is 1.87 bits per heavy atom. The minimum absolute atomic E-state index is 0.109. The van der Waals surface area contributed by atoms with Gasteiger partial charge in [-0.1, -0.05) is 32.1 Å². The van der Waals surface area contributed by atoms with Crippen LogP contribution in [-0.2, 0) is 4.79 Å². The highest BCUT2D eigenvalue weighted by Gasteiger charge is 2.28. The summed E-state index contributed by atoms with van der Waals surface area (Å²) in [6.45, 7) is 1.35. The van der Waals surface area contributed by atoms with Crippen molar-refractivity contribution < 1.29 is 19.0 Å². The molecule has 162 valence electrons. The largest absolute Gasteiger partial charge is 0.479 e. The van der Waals surface area contributed by atoms with Crippen LogP contribution in [0.25, 0.3) is 10.9 Å². The fourth-order valence-electron chi connectivity index (χ4n) is 4.89. The minimum atomic E-state index is -1.17. The molecule has 7 heteroatoms. The number of ether oxygens (including phenoxy) is 1. The molecule has 0 aliphatic heterocycles. The molecule has 0 radical (unpaired) electrons.